The lowest BCUT2D eigenvalue weighted by Crippen LogP contribution is -2.46. The van der Waals surface area contributed by atoms with Crippen LogP contribution in [-0.4, -0.2) is 36.3 Å². The Kier molecular flexibility index (Phi) is 3.35. The number of para-hydroxylation sites is 1. The molecule has 1 N–H and O–H groups in total. The van der Waals surface area contributed by atoms with Crippen molar-refractivity contribution >= 4 is 32.4 Å². The summed E-state index contributed by atoms with van der Waals surface area (Å²) < 4.78 is 1.25. The SMILES string of the molecule is Oc1ccc(N2CCN(c3nc4ccccc4s3)CC2)cc1. The molecular weight excluding hydrogens is 294 g/mol. The van der Waals surface area contributed by atoms with E-state index in [1.54, 1.807) is 23.5 Å². The first-order valence-electron chi connectivity index (χ1n) is 7.44. The third-order valence-corrected chi connectivity index (χ3v) is 5.14. The van der Waals surface area contributed by atoms with Gasteiger partial charge in [0.15, 0.2) is 5.13 Å². The fourth-order valence-electron chi connectivity index (χ4n) is 2.81. The van der Waals surface area contributed by atoms with E-state index in [4.69, 9.17) is 4.98 Å². The van der Waals surface area contributed by atoms with E-state index < -0.39 is 0 Å². The van der Waals surface area contributed by atoms with Gasteiger partial charge in [0, 0.05) is 31.9 Å². The smallest absolute Gasteiger partial charge is 0.186 e. The molecule has 0 atom stereocenters. The molecule has 0 bridgehead atoms. The normalized spacial score (nSPS) is 15.5. The van der Waals surface area contributed by atoms with Crippen molar-refractivity contribution in [2.45, 2.75) is 0 Å². The number of nitrogens with zero attached hydrogens (tertiary/aromatic N) is 3. The molecule has 0 aliphatic carbocycles. The molecule has 4 rings (SSSR count). The molecule has 2 heterocycles. The highest BCUT2D eigenvalue weighted by molar-refractivity contribution is 7.22. The van der Waals surface area contributed by atoms with E-state index in [0.29, 0.717) is 5.75 Å². The van der Waals surface area contributed by atoms with E-state index in [-0.39, 0.29) is 0 Å². The summed E-state index contributed by atoms with van der Waals surface area (Å²) in [5, 5.41) is 10.5. The van der Waals surface area contributed by atoms with Crippen LogP contribution in [0.2, 0.25) is 0 Å². The Hall–Kier alpha value is -2.27. The molecule has 1 aliphatic rings. The molecule has 0 spiro atoms. The van der Waals surface area contributed by atoms with Crippen molar-refractivity contribution in [3.05, 3.63) is 48.5 Å². The molecule has 0 radical (unpaired) electrons. The van der Waals surface area contributed by atoms with Crippen LogP contribution in [0, 0.1) is 0 Å². The van der Waals surface area contributed by atoms with Gasteiger partial charge in [-0.05, 0) is 36.4 Å². The minimum Gasteiger partial charge on any atom is -0.508 e. The number of rotatable bonds is 2. The van der Waals surface area contributed by atoms with Gasteiger partial charge in [-0.3, -0.25) is 0 Å². The lowest BCUT2D eigenvalue weighted by molar-refractivity contribution is 0.475. The van der Waals surface area contributed by atoms with E-state index in [9.17, 15) is 5.11 Å². The number of benzene rings is 2. The number of phenolic OH excluding ortho intramolecular Hbond substituents is 1. The van der Waals surface area contributed by atoms with Gasteiger partial charge in [-0.2, -0.15) is 0 Å². The van der Waals surface area contributed by atoms with Crippen LogP contribution in [-0.2, 0) is 0 Å². The molecule has 1 fully saturated rings. The van der Waals surface area contributed by atoms with Gasteiger partial charge < -0.3 is 14.9 Å². The van der Waals surface area contributed by atoms with Gasteiger partial charge >= 0.3 is 0 Å². The fourth-order valence-corrected chi connectivity index (χ4v) is 3.83. The first-order chi connectivity index (χ1) is 10.8. The highest BCUT2D eigenvalue weighted by Gasteiger charge is 2.19. The number of anilines is 2. The molecule has 112 valence electrons. The Labute approximate surface area is 133 Å². The Morgan fingerprint density at radius 2 is 1.55 bits per heavy atom. The topological polar surface area (TPSA) is 39.6 Å². The summed E-state index contributed by atoms with van der Waals surface area (Å²) in [6.45, 7) is 3.89. The van der Waals surface area contributed by atoms with Crippen LogP contribution in [0.5, 0.6) is 5.75 Å². The van der Waals surface area contributed by atoms with Crippen molar-refractivity contribution in [3.8, 4) is 5.75 Å². The Morgan fingerprint density at radius 1 is 0.864 bits per heavy atom. The van der Waals surface area contributed by atoms with Crippen LogP contribution in [0.25, 0.3) is 10.2 Å². The molecule has 4 nitrogen and oxygen atoms in total. The van der Waals surface area contributed by atoms with E-state index >= 15 is 0 Å². The zero-order valence-electron chi connectivity index (χ0n) is 12.1. The molecule has 22 heavy (non-hydrogen) atoms. The molecule has 2 aromatic carbocycles. The zero-order valence-corrected chi connectivity index (χ0v) is 13.0. The van der Waals surface area contributed by atoms with Gasteiger partial charge in [-0.25, -0.2) is 4.98 Å². The molecule has 1 aromatic heterocycles. The predicted octanol–water partition coefficient (Wildman–Crippen LogP) is 3.33. The number of aromatic nitrogens is 1. The quantitative estimate of drug-likeness (QED) is 0.788. The maximum absolute atomic E-state index is 9.38. The summed E-state index contributed by atoms with van der Waals surface area (Å²) in [7, 11) is 0. The highest BCUT2D eigenvalue weighted by Crippen LogP contribution is 2.29. The molecule has 5 heteroatoms. The molecule has 3 aromatic rings. The number of hydrogen-bond acceptors (Lipinski definition) is 5. The monoisotopic (exact) mass is 311 g/mol. The molecule has 1 aliphatic heterocycles. The van der Waals surface area contributed by atoms with Gasteiger partial charge in [0.1, 0.15) is 5.75 Å². The maximum atomic E-state index is 9.38. The third-order valence-electron chi connectivity index (χ3n) is 4.05. The minimum atomic E-state index is 0.317. The lowest BCUT2D eigenvalue weighted by atomic mass is 10.2. The fraction of sp³-hybridized carbons (Fsp3) is 0.235. The summed E-state index contributed by atoms with van der Waals surface area (Å²) in [6.07, 6.45) is 0. The first-order valence-corrected chi connectivity index (χ1v) is 8.26. The van der Waals surface area contributed by atoms with Crippen LogP contribution < -0.4 is 9.80 Å². The van der Waals surface area contributed by atoms with E-state index in [1.807, 2.05) is 18.2 Å². The summed E-state index contributed by atoms with van der Waals surface area (Å²) in [6, 6.07) is 15.7. The molecule has 1 saturated heterocycles. The number of fused-ring (bicyclic) bond motifs is 1. The van der Waals surface area contributed by atoms with Crippen molar-refractivity contribution in [2.75, 3.05) is 36.0 Å². The Morgan fingerprint density at radius 3 is 2.27 bits per heavy atom. The standard InChI is InChI=1S/C17H17N3OS/c21-14-7-5-13(6-8-14)19-9-11-20(12-10-19)17-18-15-3-1-2-4-16(15)22-17/h1-8,21H,9-12H2. The van der Waals surface area contributed by atoms with Gasteiger partial charge in [0.25, 0.3) is 0 Å². The number of phenols is 1. The Bertz CT molecular complexity index is 743. The van der Waals surface area contributed by atoms with Crippen LogP contribution >= 0.6 is 11.3 Å². The van der Waals surface area contributed by atoms with Crippen molar-refractivity contribution < 1.29 is 5.11 Å². The summed E-state index contributed by atoms with van der Waals surface area (Å²) >= 11 is 1.77. The van der Waals surface area contributed by atoms with E-state index in [1.165, 1.54) is 10.4 Å². The predicted molar refractivity (Wildman–Crippen MR) is 92.2 cm³/mol. The lowest BCUT2D eigenvalue weighted by Gasteiger charge is -2.36. The van der Waals surface area contributed by atoms with Crippen molar-refractivity contribution in [2.24, 2.45) is 0 Å². The third kappa shape index (κ3) is 2.48. The van der Waals surface area contributed by atoms with Crippen LogP contribution in [0.1, 0.15) is 0 Å². The first kappa shape index (κ1) is 13.4. The number of aromatic hydroxyl groups is 1. The van der Waals surface area contributed by atoms with Gasteiger partial charge in [0.05, 0.1) is 10.2 Å². The second-order valence-electron chi connectivity index (χ2n) is 5.45. The van der Waals surface area contributed by atoms with Crippen LogP contribution in [0.3, 0.4) is 0 Å². The number of hydrogen-bond donors (Lipinski definition) is 1. The number of piperazine rings is 1. The molecular formula is C17H17N3OS. The largest absolute Gasteiger partial charge is 0.508 e. The second-order valence-corrected chi connectivity index (χ2v) is 6.46. The number of thiazole rings is 1. The van der Waals surface area contributed by atoms with Crippen LogP contribution in [0.4, 0.5) is 10.8 Å². The average molecular weight is 311 g/mol. The summed E-state index contributed by atoms with van der Waals surface area (Å²) in [5.41, 5.74) is 2.25. The van der Waals surface area contributed by atoms with Crippen molar-refractivity contribution in [1.29, 1.82) is 0 Å². The van der Waals surface area contributed by atoms with Gasteiger partial charge in [-0.15, -0.1) is 0 Å². The van der Waals surface area contributed by atoms with E-state index in [2.05, 4.69) is 28.0 Å². The minimum absolute atomic E-state index is 0.317. The van der Waals surface area contributed by atoms with Crippen molar-refractivity contribution in [3.63, 3.8) is 0 Å². The highest BCUT2D eigenvalue weighted by atomic mass is 32.1. The zero-order chi connectivity index (χ0) is 14.9. The average Bonchev–Trinajstić information content (AvgIpc) is 3.00. The molecule has 0 unspecified atom stereocenters. The Balaban J connectivity index is 1.48. The maximum Gasteiger partial charge on any atom is 0.186 e. The van der Waals surface area contributed by atoms with Gasteiger partial charge in [0.2, 0.25) is 0 Å². The second kappa shape index (κ2) is 5.50. The molecule has 0 saturated carbocycles. The molecule has 0 amide bonds. The van der Waals surface area contributed by atoms with Crippen molar-refractivity contribution in [1.82, 2.24) is 4.98 Å². The van der Waals surface area contributed by atoms with E-state index in [0.717, 1.165) is 36.8 Å². The summed E-state index contributed by atoms with van der Waals surface area (Å²) in [4.78, 5) is 9.45. The summed E-state index contributed by atoms with van der Waals surface area (Å²) in [5.74, 6) is 0.317. The van der Waals surface area contributed by atoms with Gasteiger partial charge in [-0.1, -0.05) is 23.5 Å². The van der Waals surface area contributed by atoms with Crippen LogP contribution in [0.15, 0.2) is 48.5 Å².